The normalized spacial score (nSPS) is 12.2. The highest BCUT2D eigenvalue weighted by Gasteiger charge is 2.09. The zero-order valence-corrected chi connectivity index (χ0v) is 11.3. The molecule has 0 spiro atoms. The Morgan fingerprint density at radius 1 is 1.10 bits per heavy atom. The standard InChI is InChI=1S/C15H13ClF2O2/c16-11-2-1-3-15(7-11)20-9-14(19)6-10-4-12(17)8-13(18)5-10/h1-5,7-8,14,19H,6,9H2. The average molecular weight is 299 g/mol. The van der Waals surface area contributed by atoms with Crippen molar-refractivity contribution in [1.82, 2.24) is 0 Å². The van der Waals surface area contributed by atoms with Gasteiger partial charge >= 0.3 is 0 Å². The summed E-state index contributed by atoms with van der Waals surface area (Å²) in [7, 11) is 0. The summed E-state index contributed by atoms with van der Waals surface area (Å²) in [6.45, 7) is 0.0124. The van der Waals surface area contributed by atoms with Gasteiger partial charge in [-0.25, -0.2) is 8.78 Å². The molecule has 1 N–H and O–H groups in total. The molecular formula is C15H13ClF2O2. The summed E-state index contributed by atoms with van der Waals surface area (Å²) < 4.78 is 31.4. The Kier molecular flexibility index (Phi) is 4.93. The first-order chi connectivity index (χ1) is 9.52. The van der Waals surface area contributed by atoms with E-state index in [1.54, 1.807) is 24.3 Å². The summed E-state index contributed by atoms with van der Waals surface area (Å²) in [5, 5.41) is 10.3. The van der Waals surface area contributed by atoms with Crippen molar-refractivity contribution in [2.45, 2.75) is 12.5 Å². The van der Waals surface area contributed by atoms with Gasteiger partial charge in [0.25, 0.3) is 0 Å². The Bertz CT molecular complexity index is 570. The summed E-state index contributed by atoms with van der Waals surface area (Å²) >= 11 is 5.80. The zero-order chi connectivity index (χ0) is 14.5. The van der Waals surface area contributed by atoms with E-state index in [1.807, 2.05) is 0 Å². The fourth-order valence-corrected chi connectivity index (χ4v) is 1.99. The molecule has 0 aliphatic heterocycles. The van der Waals surface area contributed by atoms with Crippen LogP contribution in [0.25, 0.3) is 0 Å². The third kappa shape index (κ3) is 4.47. The molecule has 2 aromatic carbocycles. The number of aliphatic hydroxyl groups is 1. The van der Waals surface area contributed by atoms with Crippen molar-refractivity contribution in [2.24, 2.45) is 0 Å². The number of rotatable bonds is 5. The quantitative estimate of drug-likeness (QED) is 0.914. The molecule has 0 radical (unpaired) electrons. The molecule has 5 heteroatoms. The van der Waals surface area contributed by atoms with Crippen molar-refractivity contribution in [3.8, 4) is 5.75 Å². The lowest BCUT2D eigenvalue weighted by Gasteiger charge is -2.12. The van der Waals surface area contributed by atoms with Crippen LogP contribution in [0.1, 0.15) is 5.56 Å². The summed E-state index contributed by atoms with van der Waals surface area (Å²) in [4.78, 5) is 0. The highest BCUT2D eigenvalue weighted by Crippen LogP contribution is 2.17. The van der Waals surface area contributed by atoms with Crippen LogP contribution in [-0.2, 0) is 6.42 Å². The minimum Gasteiger partial charge on any atom is -0.491 e. The molecule has 0 aliphatic carbocycles. The van der Waals surface area contributed by atoms with Crippen LogP contribution in [-0.4, -0.2) is 17.8 Å². The van der Waals surface area contributed by atoms with Crippen molar-refractivity contribution in [2.75, 3.05) is 6.61 Å². The van der Waals surface area contributed by atoms with Gasteiger partial charge in [0.05, 0.1) is 6.10 Å². The zero-order valence-electron chi connectivity index (χ0n) is 10.5. The van der Waals surface area contributed by atoms with E-state index in [-0.39, 0.29) is 13.0 Å². The van der Waals surface area contributed by atoms with E-state index < -0.39 is 17.7 Å². The Hall–Kier alpha value is -1.65. The molecule has 0 amide bonds. The van der Waals surface area contributed by atoms with Crippen LogP contribution < -0.4 is 4.74 Å². The first-order valence-electron chi connectivity index (χ1n) is 6.04. The molecule has 1 unspecified atom stereocenters. The van der Waals surface area contributed by atoms with Gasteiger partial charge in [-0.2, -0.15) is 0 Å². The second-order valence-electron chi connectivity index (χ2n) is 4.40. The Morgan fingerprint density at radius 3 is 2.45 bits per heavy atom. The molecule has 2 nitrogen and oxygen atoms in total. The molecule has 0 aliphatic rings. The van der Waals surface area contributed by atoms with Crippen molar-refractivity contribution in [3.63, 3.8) is 0 Å². The molecule has 0 saturated carbocycles. The lowest BCUT2D eigenvalue weighted by Crippen LogP contribution is -2.20. The molecule has 106 valence electrons. The smallest absolute Gasteiger partial charge is 0.126 e. The molecule has 20 heavy (non-hydrogen) atoms. The Labute approximate surface area is 120 Å². The van der Waals surface area contributed by atoms with Crippen LogP contribution in [0.15, 0.2) is 42.5 Å². The molecule has 0 heterocycles. The van der Waals surface area contributed by atoms with Gasteiger partial charge in [0.1, 0.15) is 24.0 Å². The van der Waals surface area contributed by atoms with Gasteiger partial charge in [0.2, 0.25) is 0 Å². The second kappa shape index (κ2) is 6.68. The number of ether oxygens (including phenoxy) is 1. The largest absolute Gasteiger partial charge is 0.491 e. The molecular weight excluding hydrogens is 286 g/mol. The lowest BCUT2D eigenvalue weighted by atomic mass is 10.1. The second-order valence-corrected chi connectivity index (χ2v) is 4.84. The van der Waals surface area contributed by atoms with Crippen LogP contribution in [0.2, 0.25) is 5.02 Å². The summed E-state index contributed by atoms with van der Waals surface area (Å²) in [6, 6.07) is 9.93. The molecule has 2 rings (SSSR count). The summed E-state index contributed by atoms with van der Waals surface area (Å²) in [5.41, 5.74) is 0.379. The van der Waals surface area contributed by atoms with E-state index in [9.17, 15) is 13.9 Å². The van der Waals surface area contributed by atoms with Gasteiger partial charge in [-0.3, -0.25) is 0 Å². The lowest BCUT2D eigenvalue weighted by molar-refractivity contribution is 0.107. The number of hydrogen-bond acceptors (Lipinski definition) is 2. The summed E-state index contributed by atoms with van der Waals surface area (Å²) in [5.74, 6) is -0.798. The predicted octanol–water partition coefficient (Wildman–Crippen LogP) is 3.60. The van der Waals surface area contributed by atoms with E-state index in [2.05, 4.69) is 0 Å². The van der Waals surface area contributed by atoms with Crippen LogP contribution in [0.5, 0.6) is 5.75 Å². The topological polar surface area (TPSA) is 29.5 Å². The van der Waals surface area contributed by atoms with Gasteiger partial charge in [-0.05, 0) is 35.9 Å². The summed E-state index contributed by atoms with van der Waals surface area (Å²) in [6.07, 6.45) is -0.759. The van der Waals surface area contributed by atoms with Crippen molar-refractivity contribution in [1.29, 1.82) is 0 Å². The van der Waals surface area contributed by atoms with E-state index in [0.29, 0.717) is 16.3 Å². The first-order valence-corrected chi connectivity index (χ1v) is 6.42. The SMILES string of the molecule is OC(COc1cccc(Cl)c1)Cc1cc(F)cc(F)c1. The van der Waals surface area contributed by atoms with E-state index in [1.165, 1.54) is 12.1 Å². The van der Waals surface area contributed by atoms with Crippen molar-refractivity contribution in [3.05, 3.63) is 64.7 Å². The Morgan fingerprint density at radius 2 is 1.80 bits per heavy atom. The third-order valence-corrected chi connectivity index (χ3v) is 2.87. The molecule has 0 fully saturated rings. The van der Waals surface area contributed by atoms with Gasteiger partial charge < -0.3 is 9.84 Å². The minimum atomic E-state index is -0.866. The highest BCUT2D eigenvalue weighted by molar-refractivity contribution is 6.30. The third-order valence-electron chi connectivity index (χ3n) is 2.63. The molecule has 0 bridgehead atoms. The van der Waals surface area contributed by atoms with E-state index in [4.69, 9.17) is 16.3 Å². The molecule has 0 saturated heterocycles. The van der Waals surface area contributed by atoms with Crippen LogP contribution in [0.3, 0.4) is 0 Å². The predicted molar refractivity (Wildman–Crippen MR) is 73.0 cm³/mol. The van der Waals surface area contributed by atoms with Gasteiger partial charge in [-0.1, -0.05) is 17.7 Å². The Balaban J connectivity index is 1.90. The molecule has 1 atom stereocenters. The monoisotopic (exact) mass is 298 g/mol. The van der Waals surface area contributed by atoms with Crippen LogP contribution >= 0.6 is 11.6 Å². The van der Waals surface area contributed by atoms with Crippen molar-refractivity contribution < 1.29 is 18.6 Å². The molecule has 2 aromatic rings. The van der Waals surface area contributed by atoms with Gasteiger partial charge in [0, 0.05) is 17.5 Å². The van der Waals surface area contributed by atoms with Gasteiger partial charge in [0.15, 0.2) is 0 Å². The van der Waals surface area contributed by atoms with E-state index >= 15 is 0 Å². The maximum absolute atomic E-state index is 13.0. The fourth-order valence-electron chi connectivity index (χ4n) is 1.81. The van der Waals surface area contributed by atoms with Crippen LogP contribution in [0, 0.1) is 11.6 Å². The van der Waals surface area contributed by atoms with Crippen LogP contribution in [0.4, 0.5) is 8.78 Å². The number of hydrogen-bond donors (Lipinski definition) is 1. The van der Waals surface area contributed by atoms with Crippen molar-refractivity contribution >= 4 is 11.6 Å². The number of halogens is 3. The minimum absolute atomic E-state index is 0.0124. The first kappa shape index (κ1) is 14.8. The highest BCUT2D eigenvalue weighted by atomic mass is 35.5. The van der Waals surface area contributed by atoms with Gasteiger partial charge in [-0.15, -0.1) is 0 Å². The maximum atomic E-state index is 13.0. The average Bonchev–Trinajstić information content (AvgIpc) is 2.35. The maximum Gasteiger partial charge on any atom is 0.126 e. The number of aliphatic hydroxyl groups excluding tert-OH is 1. The fraction of sp³-hybridized carbons (Fsp3) is 0.200. The molecule has 0 aromatic heterocycles. The van der Waals surface area contributed by atoms with E-state index in [0.717, 1.165) is 6.07 Å². The number of benzene rings is 2.